The van der Waals surface area contributed by atoms with E-state index >= 15 is 4.39 Å². The molecule has 18 heteroatoms. The van der Waals surface area contributed by atoms with E-state index in [1.54, 1.807) is 28.9 Å². The van der Waals surface area contributed by atoms with Crippen LogP contribution in [0.2, 0.25) is 0 Å². The SMILES string of the molecule is CC(=O)N(C[C@H]1CN(c2ccc(N3Cc4cn(C)nc4C3)c(F)c2)C(=O)O1)C(=O)OCOC(=O)c1ccc(COP(=O)(OCc2ccccc2)OCc2ccccc2)cc1. The molecule has 60 heavy (non-hydrogen) atoms. The number of ether oxygens (including phenoxy) is 3. The van der Waals surface area contributed by atoms with Gasteiger partial charge in [-0.2, -0.15) is 5.10 Å². The predicted molar refractivity (Wildman–Crippen MR) is 213 cm³/mol. The molecule has 7 rings (SSSR count). The Kier molecular flexibility index (Phi) is 13.0. The number of fused-ring (bicyclic) bond motifs is 1. The van der Waals surface area contributed by atoms with Gasteiger partial charge in [-0.05, 0) is 47.0 Å². The molecule has 3 amide bonds. The van der Waals surface area contributed by atoms with Crippen LogP contribution in [0.4, 0.5) is 25.4 Å². The third kappa shape index (κ3) is 10.4. The minimum atomic E-state index is -4.04. The molecular formula is C42H41FN5O11P. The van der Waals surface area contributed by atoms with Crippen LogP contribution in [0.3, 0.4) is 0 Å². The second-order valence-electron chi connectivity index (χ2n) is 13.9. The number of halogens is 1. The van der Waals surface area contributed by atoms with E-state index in [1.807, 2.05) is 78.8 Å². The van der Waals surface area contributed by atoms with Crippen molar-refractivity contribution in [3.05, 3.63) is 149 Å². The lowest BCUT2D eigenvalue weighted by Gasteiger charge is -2.21. The number of imide groups is 1. The number of nitrogens with zero attached hydrogens (tertiary/aromatic N) is 5. The molecule has 0 bridgehead atoms. The molecule has 5 aromatic rings. The highest BCUT2D eigenvalue weighted by Crippen LogP contribution is 2.51. The van der Waals surface area contributed by atoms with Gasteiger partial charge in [0.1, 0.15) is 11.9 Å². The molecular weight excluding hydrogens is 800 g/mol. The number of hydrogen-bond donors (Lipinski definition) is 0. The Morgan fingerprint density at radius 3 is 2.05 bits per heavy atom. The average molecular weight is 842 g/mol. The van der Waals surface area contributed by atoms with Crippen molar-refractivity contribution in [1.82, 2.24) is 14.7 Å². The van der Waals surface area contributed by atoms with E-state index in [0.717, 1.165) is 29.3 Å². The number of hydrogen-bond acceptors (Lipinski definition) is 13. The Hall–Kier alpha value is -6.39. The largest absolute Gasteiger partial charge is 0.475 e. The van der Waals surface area contributed by atoms with Gasteiger partial charge >= 0.3 is 26.0 Å². The van der Waals surface area contributed by atoms with Crippen LogP contribution in [-0.4, -0.2) is 64.7 Å². The van der Waals surface area contributed by atoms with Gasteiger partial charge in [-0.3, -0.25) is 27.9 Å². The van der Waals surface area contributed by atoms with Crippen LogP contribution in [0.1, 0.15) is 45.2 Å². The standard InChI is InChI=1S/C42H41FN5O11P/c1-29(49)47(22-36-23-48(42(52)59-36)35-17-18-39(37(43)19-35)46-21-34-20-45(2)44-38(34)24-46)41(51)55-28-54-40(50)33-15-13-32(14-16-33)27-58-60(53,56-25-30-9-5-3-6-10-30)57-26-31-11-7-4-8-12-31/h3-20,36H,21-28H2,1-2H3/t36-/m0/s1. The van der Waals surface area contributed by atoms with Gasteiger partial charge in [0, 0.05) is 32.3 Å². The van der Waals surface area contributed by atoms with Crippen LogP contribution in [0.5, 0.6) is 0 Å². The van der Waals surface area contributed by atoms with Crippen LogP contribution in [-0.2, 0) is 77.1 Å². The fourth-order valence-electron chi connectivity index (χ4n) is 6.50. The quantitative estimate of drug-likeness (QED) is 0.0554. The maximum absolute atomic E-state index is 15.3. The summed E-state index contributed by atoms with van der Waals surface area (Å²) in [5.41, 5.74) is 4.68. The van der Waals surface area contributed by atoms with Gasteiger partial charge in [-0.1, -0.05) is 72.8 Å². The third-order valence-electron chi connectivity index (χ3n) is 9.55. The van der Waals surface area contributed by atoms with Crippen LogP contribution in [0.15, 0.2) is 109 Å². The second kappa shape index (κ2) is 18.7. The first-order valence-electron chi connectivity index (χ1n) is 18.8. The number of phosphoric acid groups is 1. The molecule has 0 N–H and O–H groups in total. The van der Waals surface area contributed by atoms with Gasteiger partial charge in [-0.25, -0.2) is 28.2 Å². The number of esters is 1. The van der Waals surface area contributed by atoms with Gasteiger partial charge in [0.2, 0.25) is 12.7 Å². The summed E-state index contributed by atoms with van der Waals surface area (Å²) in [5.74, 6) is -2.09. The number of carbonyl (C=O) groups excluding carboxylic acids is 4. The summed E-state index contributed by atoms with van der Waals surface area (Å²) in [6, 6.07) is 28.7. The fraction of sp³-hybridized carbons (Fsp3) is 0.262. The van der Waals surface area contributed by atoms with Crippen LogP contribution < -0.4 is 9.80 Å². The Labute approximate surface area is 344 Å². The van der Waals surface area contributed by atoms with Gasteiger partial charge in [0.05, 0.1) is 62.1 Å². The Bertz CT molecular complexity index is 2310. The average Bonchev–Trinajstić information content (AvgIpc) is 3.93. The van der Waals surface area contributed by atoms with Crippen molar-refractivity contribution < 1.29 is 55.9 Å². The molecule has 4 aromatic carbocycles. The molecule has 3 heterocycles. The summed E-state index contributed by atoms with van der Waals surface area (Å²) in [6.07, 6.45) is -0.982. The van der Waals surface area contributed by atoms with Crippen molar-refractivity contribution in [3.8, 4) is 0 Å². The first-order chi connectivity index (χ1) is 28.9. The molecule has 2 aliphatic rings. The highest BCUT2D eigenvalue weighted by atomic mass is 31.2. The molecule has 0 unspecified atom stereocenters. The van der Waals surface area contributed by atoms with Crippen molar-refractivity contribution in [2.45, 2.75) is 45.9 Å². The number of amides is 3. The monoisotopic (exact) mass is 841 g/mol. The molecule has 1 aromatic heterocycles. The predicted octanol–water partition coefficient (Wildman–Crippen LogP) is 7.26. The smallest absolute Gasteiger partial charge is 0.442 e. The zero-order chi connectivity index (χ0) is 42.2. The molecule has 0 spiro atoms. The van der Waals surface area contributed by atoms with Crippen molar-refractivity contribution in [3.63, 3.8) is 0 Å². The Morgan fingerprint density at radius 1 is 0.850 bits per heavy atom. The molecule has 1 atom stereocenters. The first-order valence-corrected chi connectivity index (χ1v) is 20.3. The number of rotatable bonds is 16. The van der Waals surface area contributed by atoms with E-state index in [1.165, 1.54) is 23.1 Å². The number of anilines is 2. The molecule has 0 radical (unpaired) electrons. The van der Waals surface area contributed by atoms with Crippen molar-refractivity contribution in [1.29, 1.82) is 0 Å². The van der Waals surface area contributed by atoms with Gasteiger partial charge in [0.25, 0.3) is 0 Å². The van der Waals surface area contributed by atoms with E-state index < -0.39 is 50.6 Å². The Balaban J connectivity index is 0.872. The maximum atomic E-state index is 15.3. The lowest BCUT2D eigenvalue weighted by Crippen LogP contribution is -2.42. The number of cyclic esters (lactones) is 1. The summed E-state index contributed by atoms with van der Waals surface area (Å²) in [7, 11) is -2.21. The van der Waals surface area contributed by atoms with Gasteiger partial charge < -0.3 is 19.1 Å². The van der Waals surface area contributed by atoms with E-state index in [9.17, 15) is 23.7 Å². The number of phosphoric ester groups is 1. The molecule has 1 saturated heterocycles. The summed E-state index contributed by atoms with van der Waals surface area (Å²) in [4.78, 5) is 54.6. The minimum Gasteiger partial charge on any atom is -0.442 e. The minimum absolute atomic E-state index is 0.00903. The summed E-state index contributed by atoms with van der Waals surface area (Å²) in [5, 5.41) is 4.40. The van der Waals surface area contributed by atoms with E-state index in [0.29, 0.717) is 29.2 Å². The molecule has 16 nitrogen and oxygen atoms in total. The lowest BCUT2D eigenvalue weighted by molar-refractivity contribution is -0.128. The number of aromatic nitrogens is 2. The summed E-state index contributed by atoms with van der Waals surface area (Å²) in [6.45, 7) is 0.612. The summed E-state index contributed by atoms with van der Waals surface area (Å²) < 4.78 is 63.1. The molecule has 1 fully saturated rings. The molecule has 312 valence electrons. The molecule has 2 aliphatic heterocycles. The third-order valence-corrected chi connectivity index (χ3v) is 10.9. The zero-order valence-corrected chi connectivity index (χ0v) is 33.6. The highest BCUT2D eigenvalue weighted by Gasteiger charge is 2.37. The lowest BCUT2D eigenvalue weighted by atomic mass is 10.1. The van der Waals surface area contributed by atoms with Crippen molar-refractivity contribution in [2.24, 2.45) is 7.05 Å². The Morgan fingerprint density at radius 2 is 1.47 bits per heavy atom. The molecule has 0 saturated carbocycles. The van der Waals surface area contributed by atoms with Crippen LogP contribution in [0, 0.1) is 5.82 Å². The zero-order valence-electron chi connectivity index (χ0n) is 32.7. The normalized spacial score (nSPS) is 14.8. The summed E-state index contributed by atoms with van der Waals surface area (Å²) >= 11 is 0. The number of benzene rings is 4. The molecule has 0 aliphatic carbocycles. The van der Waals surface area contributed by atoms with Crippen molar-refractivity contribution in [2.75, 3.05) is 29.7 Å². The van der Waals surface area contributed by atoms with E-state index in [-0.39, 0.29) is 44.2 Å². The van der Waals surface area contributed by atoms with Crippen LogP contribution >= 0.6 is 7.82 Å². The fourth-order valence-corrected chi connectivity index (χ4v) is 7.64. The maximum Gasteiger partial charge on any atom is 0.475 e. The first kappa shape index (κ1) is 41.8. The van der Waals surface area contributed by atoms with E-state index in [4.69, 9.17) is 27.8 Å². The topological polar surface area (TPSA) is 168 Å². The van der Waals surface area contributed by atoms with E-state index in [2.05, 4.69) is 5.10 Å². The highest BCUT2D eigenvalue weighted by molar-refractivity contribution is 7.48. The second-order valence-corrected chi connectivity index (χ2v) is 15.6. The van der Waals surface area contributed by atoms with Gasteiger partial charge in [-0.15, -0.1) is 0 Å². The number of aryl methyl sites for hydroxylation is 1. The van der Waals surface area contributed by atoms with Crippen molar-refractivity contribution >= 4 is 43.3 Å². The van der Waals surface area contributed by atoms with Crippen LogP contribution in [0.25, 0.3) is 0 Å². The number of carbonyl (C=O) groups is 4. The van der Waals surface area contributed by atoms with Gasteiger partial charge in [0.15, 0.2) is 0 Å².